The van der Waals surface area contributed by atoms with Crippen LogP contribution in [0.1, 0.15) is 0 Å². The van der Waals surface area contributed by atoms with E-state index in [4.69, 9.17) is 28.3 Å². The number of amides is 2. The van der Waals surface area contributed by atoms with E-state index in [1.54, 1.807) is 18.2 Å². The van der Waals surface area contributed by atoms with Gasteiger partial charge in [0.15, 0.2) is 0 Å². The summed E-state index contributed by atoms with van der Waals surface area (Å²) in [5, 5.41) is 10.6. The number of anilines is 2. The summed E-state index contributed by atoms with van der Waals surface area (Å²) in [6.45, 7) is 0. The normalized spacial score (nSPS) is 11.0. The molecule has 6 nitrogen and oxygen atoms in total. The van der Waals surface area contributed by atoms with Gasteiger partial charge in [0.2, 0.25) is 10.0 Å². The molecular formula is C13H11Cl2N3O3S. The first-order valence-corrected chi connectivity index (χ1v) is 8.22. The van der Waals surface area contributed by atoms with Gasteiger partial charge in [-0.05, 0) is 36.4 Å². The second-order valence-corrected chi connectivity index (χ2v) is 6.60. The summed E-state index contributed by atoms with van der Waals surface area (Å²) < 4.78 is 22.3. The molecule has 0 saturated heterocycles. The second-order valence-electron chi connectivity index (χ2n) is 4.25. The van der Waals surface area contributed by atoms with Crippen molar-refractivity contribution in [1.82, 2.24) is 0 Å². The molecule has 0 aliphatic heterocycles. The Morgan fingerprint density at radius 1 is 1.00 bits per heavy atom. The molecule has 0 heterocycles. The van der Waals surface area contributed by atoms with Crippen LogP contribution in [0, 0.1) is 0 Å². The molecule has 4 N–H and O–H groups in total. The lowest BCUT2D eigenvalue weighted by Crippen LogP contribution is -2.19. The molecule has 0 atom stereocenters. The van der Waals surface area contributed by atoms with Crippen LogP contribution in [0.2, 0.25) is 10.0 Å². The second kappa shape index (κ2) is 6.53. The van der Waals surface area contributed by atoms with Crippen LogP contribution in [0.15, 0.2) is 47.4 Å². The molecule has 0 aromatic heterocycles. The average Bonchev–Trinajstić information content (AvgIpc) is 2.43. The summed E-state index contributed by atoms with van der Waals surface area (Å²) >= 11 is 11.8. The molecule has 0 fully saturated rings. The van der Waals surface area contributed by atoms with Crippen LogP contribution in [0.4, 0.5) is 16.2 Å². The van der Waals surface area contributed by atoms with Gasteiger partial charge in [0, 0.05) is 5.69 Å². The third kappa shape index (κ3) is 4.11. The zero-order valence-corrected chi connectivity index (χ0v) is 13.3. The predicted octanol–water partition coefficient (Wildman–Crippen LogP) is 3.28. The van der Waals surface area contributed by atoms with Crippen LogP contribution >= 0.6 is 23.2 Å². The van der Waals surface area contributed by atoms with Crippen LogP contribution in [0.25, 0.3) is 0 Å². The van der Waals surface area contributed by atoms with Crippen molar-refractivity contribution in [1.29, 1.82) is 0 Å². The highest BCUT2D eigenvalue weighted by Gasteiger charge is 2.10. The first-order chi connectivity index (χ1) is 10.3. The number of halogens is 2. The van der Waals surface area contributed by atoms with E-state index in [1.165, 1.54) is 24.3 Å². The fourth-order valence-electron chi connectivity index (χ4n) is 1.61. The molecule has 2 aromatic carbocycles. The summed E-state index contributed by atoms with van der Waals surface area (Å²) in [4.78, 5) is 11.8. The Morgan fingerprint density at radius 3 is 2.23 bits per heavy atom. The van der Waals surface area contributed by atoms with E-state index in [9.17, 15) is 13.2 Å². The van der Waals surface area contributed by atoms with Crippen LogP contribution in [0.3, 0.4) is 0 Å². The molecule has 0 spiro atoms. The van der Waals surface area contributed by atoms with Gasteiger partial charge in [0.25, 0.3) is 0 Å². The highest BCUT2D eigenvalue weighted by molar-refractivity contribution is 7.89. The Morgan fingerprint density at radius 2 is 1.64 bits per heavy atom. The largest absolute Gasteiger partial charge is 0.323 e. The van der Waals surface area contributed by atoms with Crippen molar-refractivity contribution in [2.45, 2.75) is 4.90 Å². The minimum Gasteiger partial charge on any atom is -0.308 e. The van der Waals surface area contributed by atoms with E-state index in [1.807, 2.05) is 0 Å². The monoisotopic (exact) mass is 359 g/mol. The number of hydrogen-bond acceptors (Lipinski definition) is 3. The van der Waals surface area contributed by atoms with E-state index in [2.05, 4.69) is 10.6 Å². The van der Waals surface area contributed by atoms with E-state index in [0.717, 1.165) is 0 Å². The maximum Gasteiger partial charge on any atom is 0.323 e. The van der Waals surface area contributed by atoms with Gasteiger partial charge in [-0.25, -0.2) is 18.4 Å². The summed E-state index contributed by atoms with van der Waals surface area (Å²) in [6.07, 6.45) is 0. The van der Waals surface area contributed by atoms with Gasteiger partial charge in [-0.15, -0.1) is 0 Å². The third-order valence-electron chi connectivity index (χ3n) is 2.64. The molecule has 0 bridgehead atoms. The van der Waals surface area contributed by atoms with Gasteiger partial charge < -0.3 is 10.6 Å². The number of carbonyl (C=O) groups is 1. The smallest absolute Gasteiger partial charge is 0.308 e. The SMILES string of the molecule is NS(=O)(=O)c1ccc(NC(=O)Nc2cccc(Cl)c2Cl)cc1. The van der Waals surface area contributed by atoms with Crippen LogP contribution in [0.5, 0.6) is 0 Å². The van der Waals surface area contributed by atoms with Crippen molar-refractivity contribution in [2.24, 2.45) is 5.14 Å². The molecule has 0 unspecified atom stereocenters. The number of carbonyl (C=O) groups excluding carboxylic acids is 1. The molecular weight excluding hydrogens is 349 g/mol. The van der Waals surface area contributed by atoms with E-state index < -0.39 is 16.1 Å². The van der Waals surface area contributed by atoms with Gasteiger partial charge in [0.1, 0.15) is 0 Å². The van der Waals surface area contributed by atoms with Gasteiger partial charge in [-0.3, -0.25) is 0 Å². The quantitative estimate of drug-likeness (QED) is 0.783. The standard InChI is InChI=1S/C13H11Cl2N3O3S/c14-10-2-1-3-11(12(10)15)18-13(19)17-8-4-6-9(7-5-8)22(16,20)21/h1-7H,(H2,16,20,21)(H2,17,18,19). The molecule has 2 amide bonds. The number of primary sulfonamides is 1. The molecule has 9 heteroatoms. The maximum atomic E-state index is 11.9. The van der Waals surface area contributed by atoms with Crippen molar-refractivity contribution in [2.75, 3.05) is 10.6 Å². The minimum absolute atomic E-state index is 0.0451. The number of sulfonamides is 1. The van der Waals surface area contributed by atoms with Crippen molar-refractivity contribution in [3.63, 3.8) is 0 Å². The van der Waals surface area contributed by atoms with E-state index in [0.29, 0.717) is 16.4 Å². The Balaban J connectivity index is 2.08. The summed E-state index contributed by atoms with van der Waals surface area (Å²) in [6, 6.07) is 9.70. The Kier molecular flexibility index (Phi) is 4.92. The van der Waals surface area contributed by atoms with E-state index in [-0.39, 0.29) is 9.92 Å². The van der Waals surface area contributed by atoms with Crippen LogP contribution in [-0.4, -0.2) is 14.4 Å². The minimum atomic E-state index is -3.77. The van der Waals surface area contributed by atoms with Crippen molar-refractivity contribution in [3.05, 3.63) is 52.5 Å². The van der Waals surface area contributed by atoms with Crippen molar-refractivity contribution >= 4 is 50.6 Å². The summed E-state index contributed by atoms with van der Waals surface area (Å²) in [5.41, 5.74) is 0.746. The highest BCUT2D eigenvalue weighted by Crippen LogP contribution is 2.29. The zero-order chi connectivity index (χ0) is 16.3. The topological polar surface area (TPSA) is 101 Å². The lowest BCUT2D eigenvalue weighted by atomic mass is 10.3. The number of rotatable bonds is 3. The molecule has 0 aliphatic carbocycles. The molecule has 2 rings (SSSR count). The van der Waals surface area contributed by atoms with Crippen molar-refractivity contribution < 1.29 is 13.2 Å². The van der Waals surface area contributed by atoms with Crippen LogP contribution < -0.4 is 15.8 Å². The Labute approximate surface area is 137 Å². The number of benzene rings is 2. The average molecular weight is 360 g/mol. The molecule has 0 radical (unpaired) electrons. The van der Waals surface area contributed by atoms with Gasteiger partial charge in [-0.2, -0.15) is 0 Å². The predicted molar refractivity (Wildman–Crippen MR) is 86.9 cm³/mol. The molecule has 0 saturated carbocycles. The van der Waals surface area contributed by atoms with Gasteiger partial charge in [-0.1, -0.05) is 29.3 Å². The first kappa shape index (κ1) is 16.6. The van der Waals surface area contributed by atoms with E-state index >= 15 is 0 Å². The molecule has 0 aliphatic rings. The lowest BCUT2D eigenvalue weighted by molar-refractivity contribution is 0.262. The first-order valence-electron chi connectivity index (χ1n) is 5.92. The highest BCUT2D eigenvalue weighted by atomic mass is 35.5. The zero-order valence-electron chi connectivity index (χ0n) is 11.0. The Hall–Kier alpha value is -1.80. The number of hydrogen-bond donors (Lipinski definition) is 3. The number of urea groups is 1. The summed E-state index contributed by atoms with van der Waals surface area (Å²) in [7, 11) is -3.77. The Bertz CT molecular complexity index is 808. The molecule has 22 heavy (non-hydrogen) atoms. The maximum absolute atomic E-state index is 11.9. The van der Waals surface area contributed by atoms with Gasteiger partial charge >= 0.3 is 6.03 Å². The number of nitrogens with two attached hydrogens (primary N) is 1. The fourth-order valence-corrected chi connectivity index (χ4v) is 2.48. The number of nitrogens with one attached hydrogen (secondary N) is 2. The van der Waals surface area contributed by atoms with Crippen molar-refractivity contribution in [3.8, 4) is 0 Å². The molecule has 2 aromatic rings. The third-order valence-corrected chi connectivity index (χ3v) is 4.39. The molecule has 116 valence electrons. The summed E-state index contributed by atoms with van der Waals surface area (Å²) in [5.74, 6) is 0. The van der Waals surface area contributed by atoms with Gasteiger partial charge in [0.05, 0.1) is 20.6 Å². The fraction of sp³-hybridized carbons (Fsp3) is 0. The van der Waals surface area contributed by atoms with Crippen LogP contribution in [-0.2, 0) is 10.0 Å². The lowest BCUT2D eigenvalue weighted by Gasteiger charge is -2.10.